The van der Waals surface area contributed by atoms with E-state index in [2.05, 4.69) is 10.6 Å². The van der Waals surface area contributed by atoms with Crippen molar-refractivity contribution in [2.24, 2.45) is 0 Å². The highest BCUT2D eigenvalue weighted by molar-refractivity contribution is 5.73. The number of carbonyl (C=O) groups is 2. The Labute approximate surface area is 694 Å². The van der Waals surface area contributed by atoms with Gasteiger partial charge in [0, 0.05) is 13.8 Å². The van der Waals surface area contributed by atoms with Gasteiger partial charge in [0.2, 0.25) is 11.8 Å². The summed E-state index contributed by atoms with van der Waals surface area (Å²) in [6, 6.07) is -3.77. The highest BCUT2D eigenvalue weighted by Gasteiger charge is 2.62. The van der Waals surface area contributed by atoms with Gasteiger partial charge < -0.3 is 248 Å². The Kier molecular flexibility index (Phi) is 36.0. The monoisotopic (exact) mass is 1790 g/mol. The molecular formula is C70H120N2O50. The predicted octanol–water partition coefficient (Wildman–Crippen LogP) is -18.9. The van der Waals surface area contributed by atoms with Crippen LogP contribution in [0.3, 0.4) is 0 Å². The zero-order valence-corrected chi connectivity index (χ0v) is 66.9. The van der Waals surface area contributed by atoms with Crippen molar-refractivity contribution < 1.29 is 247 Å². The Morgan fingerprint density at radius 2 is 0.557 bits per heavy atom. The molecule has 0 aromatic rings. The standard InChI is InChI=1S/C70H120N2O50/c1-15-31(82)40(91)45(96)63(104-15)116-54(35(86)23(80)9-73)24(81)14-103-69-59(43(94)34(85)18(4)107-69)122-70-60(49(100)53(20(6)109-70)115-62-30(72-22(8)79)56(37(88)26(11-75)111-62)118-68-51(102)58(39(90)28(13-77)113-68)120-65-47(98)42(93)33(84)17(3)106-65)121-66-48(99)44(95)52(19(5)108-66)114-61-29(71-21(7)78)55(36(87)25(10-74)110-61)117-67-50(101)57(38(89)27(12-76)112-67)119-64-46(97)41(92)32(83)16(2)105-64/h15-20,23-70,73-77,80-102H,9-14H2,1-8H3,(H,71,78)(H,72,79)/t15-,16-,17-,18-,19-,20-,23+,24-,25+,26+,27+,28+,29+,30+,31-,32-,33-,34-,35+,36+,37+,38-,39-,40+,41+,42+,43+,44-,45+,46+,47+,48+,49+,50+,51+,52-,53-,54+,55+,56+,57-,58-,59+,60+,61-,62-,63-,64-,65-,66-,67+,68+,69+,70-/m0/s1. The topological polar surface area (TPSA) is 809 Å². The van der Waals surface area contributed by atoms with Crippen molar-refractivity contribution >= 4 is 11.8 Å². The first-order chi connectivity index (χ1) is 57.4. The lowest BCUT2D eigenvalue weighted by atomic mass is 9.94. The summed E-state index contributed by atoms with van der Waals surface area (Å²) in [5.41, 5.74) is 0. The van der Waals surface area contributed by atoms with Crippen LogP contribution in [-0.2, 0) is 104 Å². The molecule has 0 radical (unpaired) electrons. The quantitative estimate of drug-likeness (QED) is 0.0306. The molecule has 52 nitrogen and oxygen atoms in total. The molecule has 10 aliphatic heterocycles. The van der Waals surface area contributed by atoms with Crippen LogP contribution in [0.4, 0.5) is 0 Å². The molecule has 52 heteroatoms. The van der Waals surface area contributed by atoms with Crippen LogP contribution in [0.25, 0.3) is 0 Å². The zero-order chi connectivity index (χ0) is 90.1. The minimum atomic E-state index is -2.46. The van der Waals surface area contributed by atoms with Gasteiger partial charge in [-0.1, -0.05) is 0 Å². The minimum Gasteiger partial charge on any atom is -0.394 e. The van der Waals surface area contributed by atoms with Crippen molar-refractivity contribution in [2.45, 2.75) is 387 Å². The van der Waals surface area contributed by atoms with Crippen LogP contribution >= 0.6 is 0 Å². The number of hydrogen-bond acceptors (Lipinski definition) is 50. The van der Waals surface area contributed by atoms with E-state index in [0.29, 0.717) is 0 Å². The molecule has 10 aliphatic rings. The van der Waals surface area contributed by atoms with Crippen LogP contribution in [0, 0.1) is 0 Å². The molecule has 0 saturated carbocycles. The van der Waals surface area contributed by atoms with Gasteiger partial charge in [-0.15, -0.1) is 0 Å². The smallest absolute Gasteiger partial charge is 0.217 e. The van der Waals surface area contributed by atoms with Crippen LogP contribution < -0.4 is 10.6 Å². The SMILES string of the molecule is CC(=O)N[C@H]1[C@H](O[C@@H]2[C@@H](O)[C@@H](O[C@@H]3O[C@@H](C)[C@H](O[C@@H]4O[C@H](CO)[C@@H](O)[C@H](O[C@H]5O[C@H](CO)[C@H](O)[C@H](O[C@@H]6O[C@@H](C)[C@H](O)[C@@H](O)[C@H]6O)[C@H]5O)[C@H]4NC(C)=O)[C@@H](O)[C@H]3O)[C@H](O[C@H]3[C@H](OC[C@H](O)[C@@H](O[C@@H]4O[C@@H](C)[C@H](O)[C@@H](O)[C@H]4O)[C@H](O)[C@H](O)CO)O[C@@H](C)[C@H](O)[C@H]3O)O[C@H]2C)O[C@H](CO)[C@@H](O)[C@@H]1O[C@H]1O[C@H](CO)[C@H](O)[C@H](O[C@@H]2O[C@@H](C)[C@H](O)[C@@H](O)[C@H]2O)[C@H]1O. The predicted molar refractivity (Wildman–Crippen MR) is 379 cm³/mol. The van der Waals surface area contributed by atoms with Crippen molar-refractivity contribution in [3.63, 3.8) is 0 Å². The average molecular weight is 1790 g/mol. The van der Waals surface area contributed by atoms with Gasteiger partial charge in [-0.2, -0.15) is 0 Å². The molecule has 10 rings (SSSR count). The average Bonchev–Trinajstić information content (AvgIpc) is 0.757. The van der Waals surface area contributed by atoms with Crippen LogP contribution in [0.15, 0.2) is 0 Å². The fraction of sp³-hybridized carbons (Fsp3) is 0.971. The Balaban J connectivity index is 0.947. The first kappa shape index (κ1) is 101. The van der Waals surface area contributed by atoms with Crippen molar-refractivity contribution in [3.05, 3.63) is 0 Å². The second kappa shape index (κ2) is 43.4. The first-order valence-corrected chi connectivity index (χ1v) is 39.7. The summed E-state index contributed by atoms with van der Waals surface area (Å²) in [5.74, 6) is -1.87. The lowest BCUT2D eigenvalue weighted by Crippen LogP contribution is -2.70. The highest BCUT2D eigenvalue weighted by atomic mass is 16.8. The maximum atomic E-state index is 13.3. The van der Waals surface area contributed by atoms with Gasteiger partial charge in [-0.3, -0.25) is 9.59 Å². The highest BCUT2D eigenvalue weighted by Crippen LogP contribution is 2.42. The first-order valence-electron chi connectivity index (χ1n) is 39.7. The lowest BCUT2D eigenvalue weighted by molar-refractivity contribution is -0.406. The molecule has 10 saturated heterocycles. The Bertz CT molecular complexity index is 3220. The summed E-state index contributed by atoms with van der Waals surface area (Å²) in [6.45, 7) is 2.80. The molecule has 10 heterocycles. The van der Waals surface area contributed by atoms with Gasteiger partial charge in [0.15, 0.2) is 62.9 Å². The number of amides is 2. The summed E-state index contributed by atoms with van der Waals surface area (Å²) in [5, 5.41) is 317. The van der Waals surface area contributed by atoms with Crippen LogP contribution in [0.1, 0.15) is 55.4 Å². The summed E-state index contributed by atoms with van der Waals surface area (Å²) in [6.07, 6.45) is -102. The zero-order valence-electron chi connectivity index (χ0n) is 66.9. The maximum absolute atomic E-state index is 13.3. The van der Waals surface area contributed by atoms with Crippen molar-refractivity contribution in [1.82, 2.24) is 10.6 Å². The summed E-state index contributed by atoms with van der Waals surface area (Å²) >= 11 is 0. The Morgan fingerprint density at radius 1 is 0.279 bits per heavy atom. The van der Waals surface area contributed by atoms with E-state index in [1.165, 1.54) is 41.5 Å². The molecule has 122 heavy (non-hydrogen) atoms. The van der Waals surface area contributed by atoms with Crippen molar-refractivity contribution in [3.8, 4) is 0 Å². The van der Waals surface area contributed by atoms with Crippen LogP contribution in [0.2, 0.25) is 0 Å². The number of hydrogen-bond donors (Lipinski definition) is 30. The third kappa shape index (κ3) is 21.9. The molecule has 30 N–H and O–H groups in total. The molecule has 710 valence electrons. The van der Waals surface area contributed by atoms with Crippen molar-refractivity contribution in [2.75, 3.05) is 39.6 Å². The number of aliphatic hydroxyl groups excluding tert-OH is 28. The normalized spacial score (nSPS) is 50.9. The van der Waals surface area contributed by atoms with E-state index < -0.39 is 383 Å². The Hall–Kier alpha value is -2.98. The number of ether oxygens (including phenoxy) is 20. The minimum absolute atomic E-state index is 0.916. The number of nitrogens with one attached hydrogen (secondary N) is 2. The lowest BCUT2D eigenvalue weighted by Gasteiger charge is -2.52. The molecule has 54 atom stereocenters. The van der Waals surface area contributed by atoms with Gasteiger partial charge in [-0.05, 0) is 41.5 Å². The van der Waals surface area contributed by atoms with Gasteiger partial charge >= 0.3 is 0 Å². The van der Waals surface area contributed by atoms with E-state index in [9.17, 15) is 153 Å². The van der Waals surface area contributed by atoms with Crippen LogP contribution in [0.5, 0.6) is 0 Å². The summed E-state index contributed by atoms with van der Waals surface area (Å²) in [4.78, 5) is 26.5. The molecule has 0 aromatic carbocycles. The van der Waals surface area contributed by atoms with Crippen molar-refractivity contribution in [1.29, 1.82) is 0 Å². The Morgan fingerprint density at radius 3 is 0.951 bits per heavy atom. The van der Waals surface area contributed by atoms with Gasteiger partial charge in [-0.25, -0.2) is 0 Å². The molecule has 0 spiro atoms. The fourth-order valence-corrected chi connectivity index (χ4v) is 15.9. The largest absolute Gasteiger partial charge is 0.394 e. The molecule has 2 amide bonds. The fourth-order valence-electron chi connectivity index (χ4n) is 15.9. The third-order valence-electron chi connectivity index (χ3n) is 23.2. The number of aliphatic hydroxyl groups is 28. The van der Waals surface area contributed by atoms with E-state index in [0.717, 1.165) is 13.8 Å². The second-order valence-electron chi connectivity index (χ2n) is 32.0. The van der Waals surface area contributed by atoms with E-state index in [4.69, 9.17) is 94.7 Å². The summed E-state index contributed by atoms with van der Waals surface area (Å²) in [7, 11) is 0. The molecule has 0 bridgehead atoms. The van der Waals surface area contributed by atoms with Gasteiger partial charge in [0.25, 0.3) is 0 Å². The molecule has 0 aliphatic carbocycles. The maximum Gasteiger partial charge on any atom is 0.217 e. The second-order valence-corrected chi connectivity index (χ2v) is 32.0. The summed E-state index contributed by atoms with van der Waals surface area (Å²) < 4.78 is 119. The molecule has 10 fully saturated rings. The van der Waals surface area contributed by atoms with E-state index >= 15 is 0 Å². The molecular weight excluding hydrogens is 1670 g/mol. The molecule has 0 aromatic heterocycles. The number of carbonyl (C=O) groups excluding carboxylic acids is 2. The van der Waals surface area contributed by atoms with E-state index in [1.807, 2.05) is 0 Å². The van der Waals surface area contributed by atoms with Crippen LogP contribution in [-0.4, -0.2) is 526 Å². The molecule has 0 unspecified atom stereocenters. The number of rotatable bonds is 31. The van der Waals surface area contributed by atoms with Gasteiger partial charge in [0.1, 0.15) is 232 Å². The third-order valence-corrected chi connectivity index (χ3v) is 23.2. The van der Waals surface area contributed by atoms with E-state index in [1.54, 1.807) is 0 Å². The van der Waals surface area contributed by atoms with Gasteiger partial charge in [0.05, 0.1) is 76.3 Å². The van der Waals surface area contributed by atoms with E-state index in [-0.39, 0.29) is 0 Å².